The first-order valence-electron chi connectivity index (χ1n) is 9.16. The summed E-state index contributed by atoms with van der Waals surface area (Å²) in [6, 6.07) is 26.5. The van der Waals surface area contributed by atoms with Crippen LogP contribution in [0, 0.1) is 0 Å². The number of rotatable bonds is 8. The van der Waals surface area contributed by atoms with E-state index in [0.29, 0.717) is 5.56 Å². The van der Waals surface area contributed by atoms with Crippen LogP contribution >= 0.6 is 0 Å². The van der Waals surface area contributed by atoms with Crippen molar-refractivity contribution in [3.8, 4) is 0 Å². The molecule has 3 aromatic rings. The molecule has 0 bridgehead atoms. The highest BCUT2D eigenvalue weighted by molar-refractivity contribution is 5.89. The lowest BCUT2D eigenvalue weighted by Crippen LogP contribution is -2.03. The van der Waals surface area contributed by atoms with E-state index in [-0.39, 0.29) is 0 Å². The largest absolute Gasteiger partial charge is 0.478 e. The lowest BCUT2D eigenvalue weighted by atomic mass is 9.95. The van der Waals surface area contributed by atoms with E-state index in [9.17, 15) is 9.90 Å². The summed E-state index contributed by atoms with van der Waals surface area (Å²) >= 11 is 0. The maximum absolute atomic E-state index is 11.3. The summed E-state index contributed by atoms with van der Waals surface area (Å²) in [5.74, 6) is -0.844. The average Bonchev–Trinajstić information content (AvgIpc) is 2.68. The van der Waals surface area contributed by atoms with Crippen LogP contribution in [-0.2, 0) is 25.7 Å². The van der Waals surface area contributed by atoms with E-state index in [1.54, 1.807) is 12.1 Å². The van der Waals surface area contributed by atoms with Crippen LogP contribution in [0.5, 0.6) is 0 Å². The van der Waals surface area contributed by atoms with Crippen LogP contribution in [0.4, 0.5) is 0 Å². The standard InChI is InChI=1S/C24H24O2/c25-24(26)23-16-7-6-13-22(23)15-8-14-20-11-4-5-12-21(20)18-17-19-9-2-1-3-10-19/h1-7,9-13,16H,8,14-15,17-18H2,(H,25,26). The molecule has 0 spiro atoms. The van der Waals surface area contributed by atoms with Crippen molar-refractivity contribution in [1.82, 2.24) is 0 Å². The van der Waals surface area contributed by atoms with E-state index in [2.05, 4.69) is 48.5 Å². The van der Waals surface area contributed by atoms with Crippen LogP contribution in [0.25, 0.3) is 0 Å². The predicted octanol–water partition coefficient (Wildman–Crippen LogP) is 5.35. The zero-order valence-corrected chi connectivity index (χ0v) is 14.9. The molecule has 0 saturated carbocycles. The van der Waals surface area contributed by atoms with E-state index in [4.69, 9.17) is 0 Å². The Hall–Kier alpha value is -2.87. The minimum Gasteiger partial charge on any atom is -0.478 e. The summed E-state index contributed by atoms with van der Waals surface area (Å²) < 4.78 is 0. The molecule has 0 saturated heterocycles. The lowest BCUT2D eigenvalue weighted by Gasteiger charge is -2.11. The summed E-state index contributed by atoms with van der Waals surface area (Å²) in [5, 5.41) is 9.30. The Labute approximate surface area is 155 Å². The summed E-state index contributed by atoms with van der Waals surface area (Å²) in [6.07, 6.45) is 4.78. The number of hydrogen-bond donors (Lipinski definition) is 1. The molecule has 0 unspecified atom stereocenters. The Kier molecular flexibility index (Phi) is 6.21. The van der Waals surface area contributed by atoms with E-state index in [1.807, 2.05) is 18.2 Å². The van der Waals surface area contributed by atoms with Gasteiger partial charge in [-0.1, -0.05) is 72.8 Å². The first-order chi connectivity index (χ1) is 12.7. The van der Waals surface area contributed by atoms with Gasteiger partial charge in [0.25, 0.3) is 0 Å². The van der Waals surface area contributed by atoms with Crippen LogP contribution < -0.4 is 0 Å². The number of carboxylic acid groups (broad SMARTS) is 1. The van der Waals surface area contributed by atoms with E-state index < -0.39 is 5.97 Å². The first kappa shape index (κ1) is 17.9. The van der Waals surface area contributed by atoms with Gasteiger partial charge in [0, 0.05) is 0 Å². The summed E-state index contributed by atoms with van der Waals surface area (Å²) in [7, 11) is 0. The molecule has 0 aliphatic rings. The molecule has 1 N–H and O–H groups in total. The van der Waals surface area contributed by atoms with Crippen LogP contribution in [0.15, 0.2) is 78.9 Å². The zero-order valence-electron chi connectivity index (χ0n) is 14.9. The van der Waals surface area contributed by atoms with Gasteiger partial charge in [0.05, 0.1) is 5.56 Å². The van der Waals surface area contributed by atoms with Crippen molar-refractivity contribution in [2.45, 2.75) is 32.1 Å². The Morgan fingerprint density at radius 1 is 0.615 bits per heavy atom. The summed E-state index contributed by atoms with van der Waals surface area (Å²) in [4.78, 5) is 11.3. The normalized spacial score (nSPS) is 10.6. The van der Waals surface area contributed by atoms with E-state index in [1.165, 1.54) is 16.7 Å². The maximum atomic E-state index is 11.3. The molecule has 0 radical (unpaired) electrons. The Balaban J connectivity index is 1.61. The van der Waals surface area contributed by atoms with Gasteiger partial charge in [-0.15, -0.1) is 0 Å². The van der Waals surface area contributed by atoms with Gasteiger partial charge >= 0.3 is 5.97 Å². The van der Waals surface area contributed by atoms with Crippen LogP contribution in [-0.4, -0.2) is 11.1 Å². The number of carboxylic acids is 1. The molecule has 132 valence electrons. The molecule has 0 aliphatic heterocycles. The SMILES string of the molecule is O=C(O)c1ccccc1CCCc1ccccc1CCc1ccccc1. The molecule has 26 heavy (non-hydrogen) atoms. The minimum absolute atomic E-state index is 0.421. The second kappa shape index (κ2) is 9.00. The van der Waals surface area contributed by atoms with Gasteiger partial charge in [-0.2, -0.15) is 0 Å². The fraction of sp³-hybridized carbons (Fsp3) is 0.208. The molecule has 3 aromatic carbocycles. The molecule has 3 rings (SSSR count). The molecule has 0 atom stereocenters. The molecule has 0 fully saturated rings. The smallest absolute Gasteiger partial charge is 0.335 e. The van der Waals surface area contributed by atoms with Gasteiger partial charge < -0.3 is 5.11 Å². The van der Waals surface area contributed by atoms with Gasteiger partial charge in [0.15, 0.2) is 0 Å². The molecule has 2 nitrogen and oxygen atoms in total. The van der Waals surface area contributed by atoms with Crippen LogP contribution in [0.1, 0.15) is 39.0 Å². The molecule has 0 amide bonds. The topological polar surface area (TPSA) is 37.3 Å². The number of hydrogen-bond acceptors (Lipinski definition) is 1. The minimum atomic E-state index is -0.844. The van der Waals surface area contributed by atoms with Gasteiger partial charge in [-0.25, -0.2) is 4.79 Å². The average molecular weight is 344 g/mol. The summed E-state index contributed by atoms with van der Waals surface area (Å²) in [6.45, 7) is 0. The third-order valence-electron chi connectivity index (χ3n) is 4.78. The number of benzene rings is 3. The molecule has 0 heterocycles. The predicted molar refractivity (Wildman–Crippen MR) is 106 cm³/mol. The number of carbonyl (C=O) groups is 1. The van der Waals surface area contributed by atoms with Crippen molar-refractivity contribution in [2.75, 3.05) is 0 Å². The second-order valence-corrected chi connectivity index (χ2v) is 6.57. The van der Waals surface area contributed by atoms with Gasteiger partial charge in [-0.05, 0) is 60.4 Å². The van der Waals surface area contributed by atoms with Gasteiger partial charge in [0.2, 0.25) is 0 Å². The molecule has 2 heteroatoms. The third-order valence-corrected chi connectivity index (χ3v) is 4.78. The highest BCUT2D eigenvalue weighted by atomic mass is 16.4. The number of aryl methyl sites for hydroxylation is 4. The molecular formula is C24H24O2. The molecule has 0 aromatic heterocycles. The van der Waals surface area contributed by atoms with Crippen molar-refractivity contribution < 1.29 is 9.90 Å². The maximum Gasteiger partial charge on any atom is 0.335 e. The van der Waals surface area contributed by atoms with Crippen molar-refractivity contribution in [3.63, 3.8) is 0 Å². The number of aromatic carboxylic acids is 1. The van der Waals surface area contributed by atoms with Crippen molar-refractivity contribution in [1.29, 1.82) is 0 Å². The van der Waals surface area contributed by atoms with Crippen molar-refractivity contribution >= 4 is 5.97 Å². The van der Waals surface area contributed by atoms with Crippen LogP contribution in [0.3, 0.4) is 0 Å². The zero-order chi connectivity index (χ0) is 18.2. The van der Waals surface area contributed by atoms with Gasteiger partial charge in [0.1, 0.15) is 0 Å². The Morgan fingerprint density at radius 3 is 1.85 bits per heavy atom. The Morgan fingerprint density at radius 2 is 1.15 bits per heavy atom. The molecule has 0 aliphatic carbocycles. The second-order valence-electron chi connectivity index (χ2n) is 6.57. The Bertz CT molecular complexity index is 853. The molecular weight excluding hydrogens is 320 g/mol. The highest BCUT2D eigenvalue weighted by Crippen LogP contribution is 2.17. The summed E-state index contributed by atoms with van der Waals surface area (Å²) in [5.41, 5.74) is 5.46. The monoisotopic (exact) mass is 344 g/mol. The van der Waals surface area contributed by atoms with Crippen molar-refractivity contribution in [3.05, 3.63) is 107 Å². The van der Waals surface area contributed by atoms with Crippen LogP contribution in [0.2, 0.25) is 0 Å². The quantitative estimate of drug-likeness (QED) is 0.598. The van der Waals surface area contributed by atoms with Gasteiger partial charge in [-0.3, -0.25) is 0 Å². The highest BCUT2D eigenvalue weighted by Gasteiger charge is 2.09. The fourth-order valence-corrected chi connectivity index (χ4v) is 3.39. The van der Waals surface area contributed by atoms with Crippen molar-refractivity contribution in [2.24, 2.45) is 0 Å². The van der Waals surface area contributed by atoms with E-state index >= 15 is 0 Å². The van der Waals surface area contributed by atoms with E-state index in [0.717, 1.165) is 37.7 Å². The fourth-order valence-electron chi connectivity index (χ4n) is 3.39. The third kappa shape index (κ3) is 4.82. The lowest BCUT2D eigenvalue weighted by molar-refractivity contribution is 0.0695. The first-order valence-corrected chi connectivity index (χ1v) is 9.16.